The van der Waals surface area contributed by atoms with Gasteiger partial charge in [-0.25, -0.2) is 0 Å². The summed E-state index contributed by atoms with van der Waals surface area (Å²) >= 11 is 12.0. The van der Waals surface area contributed by atoms with Crippen molar-refractivity contribution in [2.45, 2.75) is 6.92 Å². The van der Waals surface area contributed by atoms with Crippen LogP contribution in [0, 0.1) is 6.92 Å². The molecule has 2 aromatic carbocycles. The molecule has 0 unspecified atom stereocenters. The van der Waals surface area contributed by atoms with Crippen LogP contribution in [0.3, 0.4) is 0 Å². The lowest BCUT2D eigenvalue weighted by atomic mass is 10.2. The molecule has 6 heteroatoms. The van der Waals surface area contributed by atoms with Gasteiger partial charge in [0.15, 0.2) is 5.76 Å². The molecule has 0 aliphatic carbocycles. The normalized spacial score (nSPS) is 10.8. The Bertz CT molecular complexity index is 902. The van der Waals surface area contributed by atoms with E-state index in [-0.39, 0.29) is 11.7 Å². The zero-order valence-electron chi connectivity index (χ0n) is 12.4. The molecule has 23 heavy (non-hydrogen) atoms. The van der Waals surface area contributed by atoms with Crippen molar-refractivity contribution in [1.29, 1.82) is 0 Å². The topological polar surface area (TPSA) is 51.5 Å². The molecule has 118 valence electrons. The summed E-state index contributed by atoms with van der Waals surface area (Å²) in [4.78, 5) is 12.4. The maximum atomic E-state index is 12.4. The molecule has 0 atom stereocenters. The third kappa shape index (κ3) is 3.14. The standard InChI is InChI=1S/C17H13Cl2NO3/c1-9-5-13(15(22-2)8-12(9)19)20-17(21)16-7-10-6-11(18)3-4-14(10)23-16/h3-8H,1-2H3,(H,20,21). The van der Waals surface area contributed by atoms with Crippen molar-refractivity contribution in [1.82, 2.24) is 0 Å². The van der Waals surface area contributed by atoms with E-state index in [4.69, 9.17) is 32.4 Å². The molecule has 0 saturated heterocycles. The smallest absolute Gasteiger partial charge is 0.291 e. The zero-order valence-corrected chi connectivity index (χ0v) is 14.0. The average Bonchev–Trinajstić information content (AvgIpc) is 2.93. The van der Waals surface area contributed by atoms with E-state index in [2.05, 4.69) is 5.32 Å². The summed E-state index contributed by atoms with van der Waals surface area (Å²) in [6.07, 6.45) is 0. The number of benzene rings is 2. The van der Waals surface area contributed by atoms with Gasteiger partial charge in [-0.05, 0) is 42.8 Å². The van der Waals surface area contributed by atoms with Gasteiger partial charge in [-0.2, -0.15) is 0 Å². The number of methoxy groups -OCH3 is 1. The van der Waals surface area contributed by atoms with Crippen LogP contribution in [-0.2, 0) is 0 Å². The minimum absolute atomic E-state index is 0.192. The molecule has 0 radical (unpaired) electrons. The summed E-state index contributed by atoms with van der Waals surface area (Å²) in [5.74, 6) is 0.294. The molecule has 4 nitrogen and oxygen atoms in total. The molecule has 1 heterocycles. The van der Waals surface area contributed by atoms with Crippen LogP contribution in [-0.4, -0.2) is 13.0 Å². The van der Waals surface area contributed by atoms with Gasteiger partial charge in [0.1, 0.15) is 11.3 Å². The lowest BCUT2D eigenvalue weighted by Crippen LogP contribution is -2.12. The second kappa shape index (κ2) is 6.14. The Morgan fingerprint density at radius 3 is 2.70 bits per heavy atom. The fourth-order valence-electron chi connectivity index (χ4n) is 2.24. The van der Waals surface area contributed by atoms with E-state index in [1.165, 1.54) is 7.11 Å². The lowest BCUT2D eigenvalue weighted by Gasteiger charge is -2.11. The van der Waals surface area contributed by atoms with E-state index >= 15 is 0 Å². The highest BCUT2D eigenvalue weighted by Crippen LogP contribution is 2.31. The molecule has 1 N–H and O–H groups in total. The third-order valence-electron chi connectivity index (χ3n) is 3.43. The molecule has 0 saturated carbocycles. The number of halogens is 2. The molecular weight excluding hydrogens is 337 g/mol. The molecule has 0 aliphatic rings. The number of rotatable bonds is 3. The Morgan fingerprint density at radius 2 is 1.96 bits per heavy atom. The highest BCUT2D eigenvalue weighted by atomic mass is 35.5. The summed E-state index contributed by atoms with van der Waals surface area (Å²) in [6, 6.07) is 10.2. The number of hydrogen-bond donors (Lipinski definition) is 1. The number of anilines is 1. The number of furan rings is 1. The van der Waals surface area contributed by atoms with Crippen LogP contribution in [0.5, 0.6) is 5.75 Å². The SMILES string of the molecule is COc1cc(Cl)c(C)cc1NC(=O)c1cc2cc(Cl)ccc2o1. The van der Waals surface area contributed by atoms with Crippen LogP contribution >= 0.6 is 23.2 Å². The maximum absolute atomic E-state index is 12.4. The Morgan fingerprint density at radius 1 is 1.17 bits per heavy atom. The lowest BCUT2D eigenvalue weighted by molar-refractivity contribution is 0.0998. The van der Waals surface area contributed by atoms with Gasteiger partial charge in [-0.15, -0.1) is 0 Å². The summed E-state index contributed by atoms with van der Waals surface area (Å²) in [5, 5.41) is 4.69. The Balaban J connectivity index is 1.93. The van der Waals surface area contributed by atoms with Crippen LogP contribution in [0.1, 0.15) is 16.1 Å². The van der Waals surface area contributed by atoms with E-state index < -0.39 is 0 Å². The molecule has 3 rings (SSSR count). The minimum Gasteiger partial charge on any atom is -0.495 e. The number of ether oxygens (including phenoxy) is 1. The highest BCUT2D eigenvalue weighted by molar-refractivity contribution is 6.32. The van der Waals surface area contributed by atoms with Crippen LogP contribution in [0.15, 0.2) is 40.8 Å². The fourth-order valence-corrected chi connectivity index (χ4v) is 2.57. The first kappa shape index (κ1) is 15.7. The third-order valence-corrected chi connectivity index (χ3v) is 4.07. The molecule has 3 aromatic rings. The fraction of sp³-hybridized carbons (Fsp3) is 0.118. The van der Waals surface area contributed by atoms with Gasteiger partial charge in [0.2, 0.25) is 0 Å². The van der Waals surface area contributed by atoms with Gasteiger partial charge in [0.25, 0.3) is 5.91 Å². The molecule has 1 amide bonds. The van der Waals surface area contributed by atoms with Crippen molar-refractivity contribution >= 4 is 45.8 Å². The van der Waals surface area contributed by atoms with E-state index in [9.17, 15) is 4.79 Å². The molecule has 0 aliphatic heterocycles. The van der Waals surface area contributed by atoms with Crippen LogP contribution in [0.2, 0.25) is 10.0 Å². The minimum atomic E-state index is -0.377. The number of amides is 1. The van der Waals surface area contributed by atoms with Crippen LogP contribution in [0.25, 0.3) is 11.0 Å². The molecule has 1 aromatic heterocycles. The monoisotopic (exact) mass is 349 g/mol. The largest absolute Gasteiger partial charge is 0.495 e. The summed E-state index contributed by atoms with van der Waals surface area (Å²) in [5.41, 5.74) is 1.95. The highest BCUT2D eigenvalue weighted by Gasteiger charge is 2.16. The number of carbonyl (C=O) groups excluding carboxylic acids is 1. The first-order chi connectivity index (χ1) is 11.0. The average molecular weight is 350 g/mol. The number of aryl methyl sites for hydroxylation is 1. The van der Waals surface area contributed by atoms with Crippen molar-refractivity contribution in [2.75, 3.05) is 12.4 Å². The van der Waals surface area contributed by atoms with Gasteiger partial charge in [-0.1, -0.05) is 23.2 Å². The number of fused-ring (bicyclic) bond motifs is 1. The number of hydrogen-bond acceptors (Lipinski definition) is 3. The second-order valence-electron chi connectivity index (χ2n) is 5.05. The van der Waals surface area contributed by atoms with Crippen molar-refractivity contribution in [2.24, 2.45) is 0 Å². The quantitative estimate of drug-likeness (QED) is 0.697. The Labute approximate surface area is 142 Å². The van der Waals surface area contributed by atoms with Crippen molar-refractivity contribution in [3.05, 3.63) is 57.8 Å². The molecule has 0 spiro atoms. The molecule has 0 bridgehead atoms. The van der Waals surface area contributed by atoms with E-state index in [1.807, 2.05) is 6.92 Å². The maximum Gasteiger partial charge on any atom is 0.291 e. The molecular formula is C17H13Cl2NO3. The van der Waals surface area contributed by atoms with Crippen molar-refractivity contribution in [3.63, 3.8) is 0 Å². The van der Waals surface area contributed by atoms with Crippen LogP contribution < -0.4 is 10.1 Å². The predicted molar refractivity (Wildman–Crippen MR) is 91.9 cm³/mol. The van der Waals surface area contributed by atoms with Gasteiger partial charge in [0, 0.05) is 21.5 Å². The second-order valence-corrected chi connectivity index (χ2v) is 5.89. The van der Waals surface area contributed by atoms with E-state index in [1.54, 1.807) is 36.4 Å². The summed E-state index contributed by atoms with van der Waals surface area (Å²) in [7, 11) is 1.51. The zero-order chi connectivity index (χ0) is 16.6. The predicted octanol–water partition coefficient (Wildman–Crippen LogP) is 5.31. The van der Waals surface area contributed by atoms with Gasteiger partial charge in [0.05, 0.1) is 12.8 Å². The van der Waals surface area contributed by atoms with E-state index in [0.717, 1.165) is 10.9 Å². The Hall–Kier alpha value is -2.17. The van der Waals surface area contributed by atoms with Crippen molar-refractivity contribution in [3.8, 4) is 5.75 Å². The Kier molecular flexibility index (Phi) is 4.20. The summed E-state index contributed by atoms with van der Waals surface area (Å²) in [6.45, 7) is 1.85. The van der Waals surface area contributed by atoms with Gasteiger partial charge >= 0.3 is 0 Å². The summed E-state index contributed by atoms with van der Waals surface area (Å²) < 4.78 is 10.8. The molecule has 0 fully saturated rings. The number of carbonyl (C=O) groups is 1. The van der Waals surface area contributed by atoms with Gasteiger partial charge < -0.3 is 14.5 Å². The first-order valence-corrected chi connectivity index (χ1v) is 7.58. The first-order valence-electron chi connectivity index (χ1n) is 6.82. The van der Waals surface area contributed by atoms with E-state index in [0.29, 0.717) is 27.1 Å². The number of nitrogens with one attached hydrogen (secondary N) is 1. The van der Waals surface area contributed by atoms with Crippen LogP contribution in [0.4, 0.5) is 5.69 Å². The van der Waals surface area contributed by atoms with Crippen molar-refractivity contribution < 1.29 is 13.9 Å². The van der Waals surface area contributed by atoms with Gasteiger partial charge in [-0.3, -0.25) is 4.79 Å².